The Morgan fingerprint density at radius 1 is 1.25 bits per heavy atom. The van der Waals surface area contributed by atoms with Crippen molar-refractivity contribution < 1.29 is 0 Å². The third kappa shape index (κ3) is 2.19. The third-order valence-electron chi connectivity index (χ3n) is 2.75. The van der Waals surface area contributed by atoms with E-state index in [1.165, 1.54) is 5.56 Å². The number of aromatic nitrogens is 2. The van der Waals surface area contributed by atoms with Crippen molar-refractivity contribution in [2.45, 2.75) is 19.3 Å². The van der Waals surface area contributed by atoms with E-state index in [4.69, 9.17) is 0 Å². The highest BCUT2D eigenvalue weighted by Gasteiger charge is 2.18. The summed E-state index contributed by atoms with van der Waals surface area (Å²) in [5, 5.41) is 5.17. The lowest BCUT2D eigenvalue weighted by Gasteiger charge is -2.22. The zero-order chi connectivity index (χ0) is 11.6. The molecule has 0 fully saturated rings. The molecule has 0 atom stereocenters. The van der Waals surface area contributed by atoms with Gasteiger partial charge in [0.2, 0.25) is 0 Å². The summed E-state index contributed by atoms with van der Waals surface area (Å²) in [7, 11) is 0. The molecule has 0 radical (unpaired) electrons. The van der Waals surface area contributed by atoms with E-state index in [-0.39, 0.29) is 5.41 Å². The monoisotopic (exact) mass is 278 g/mol. The molecule has 2 rings (SSSR count). The number of benzene rings is 1. The molecular weight excluding hydrogens is 264 g/mol. The molecule has 0 aliphatic carbocycles. The van der Waals surface area contributed by atoms with Gasteiger partial charge in [0.1, 0.15) is 0 Å². The minimum Gasteiger partial charge on any atom is -0.241 e. The second kappa shape index (κ2) is 4.42. The molecule has 0 saturated heterocycles. The van der Waals surface area contributed by atoms with Crippen LogP contribution in [0.4, 0.5) is 0 Å². The summed E-state index contributed by atoms with van der Waals surface area (Å²) >= 11 is 3.55. The fraction of sp³-hybridized carbons (Fsp3) is 0.308. The number of alkyl halides is 1. The maximum atomic E-state index is 4.21. The average Bonchev–Trinajstić information content (AvgIpc) is 2.83. The summed E-state index contributed by atoms with van der Waals surface area (Å²) in [5.74, 6) is 0. The summed E-state index contributed by atoms with van der Waals surface area (Å²) in [6, 6.07) is 10.5. The zero-order valence-corrected chi connectivity index (χ0v) is 11.1. The molecular formula is C13H15BrN2. The smallest absolute Gasteiger partial charge is 0.0645 e. The molecule has 16 heavy (non-hydrogen) atoms. The van der Waals surface area contributed by atoms with Gasteiger partial charge in [-0.1, -0.05) is 41.9 Å². The standard InChI is InChI=1S/C13H15BrN2/c1-13(2,10-14)11-4-6-12(7-5-11)16-9-3-8-15-16/h3-9H,10H2,1-2H3. The van der Waals surface area contributed by atoms with Crippen LogP contribution >= 0.6 is 15.9 Å². The number of nitrogens with zero attached hydrogens (tertiary/aromatic N) is 2. The van der Waals surface area contributed by atoms with Gasteiger partial charge in [-0.15, -0.1) is 0 Å². The van der Waals surface area contributed by atoms with Gasteiger partial charge in [-0.25, -0.2) is 4.68 Å². The van der Waals surface area contributed by atoms with E-state index in [1.807, 2.05) is 16.9 Å². The first-order valence-corrected chi connectivity index (χ1v) is 6.42. The van der Waals surface area contributed by atoms with Crippen LogP contribution in [0.25, 0.3) is 5.69 Å². The lowest BCUT2D eigenvalue weighted by Crippen LogP contribution is -2.18. The van der Waals surface area contributed by atoms with Crippen LogP contribution in [0.1, 0.15) is 19.4 Å². The predicted molar refractivity (Wildman–Crippen MR) is 70.4 cm³/mol. The van der Waals surface area contributed by atoms with E-state index in [0.717, 1.165) is 11.0 Å². The molecule has 0 saturated carbocycles. The topological polar surface area (TPSA) is 17.8 Å². The molecule has 0 amide bonds. The van der Waals surface area contributed by atoms with Crippen molar-refractivity contribution in [3.63, 3.8) is 0 Å². The average molecular weight is 279 g/mol. The zero-order valence-electron chi connectivity index (χ0n) is 9.52. The molecule has 0 spiro atoms. The maximum absolute atomic E-state index is 4.21. The van der Waals surface area contributed by atoms with Crippen LogP contribution in [-0.2, 0) is 5.41 Å². The van der Waals surface area contributed by atoms with Crippen molar-refractivity contribution in [2.24, 2.45) is 0 Å². The Bertz CT molecular complexity index is 443. The summed E-state index contributed by atoms with van der Waals surface area (Å²) < 4.78 is 1.87. The van der Waals surface area contributed by atoms with E-state index < -0.39 is 0 Å². The van der Waals surface area contributed by atoms with Crippen molar-refractivity contribution in [1.29, 1.82) is 0 Å². The van der Waals surface area contributed by atoms with Crippen molar-refractivity contribution in [1.82, 2.24) is 9.78 Å². The number of hydrogen-bond donors (Lipinski definition) is 0. The van der Waals surface area contributed by atoms with Gasteiger partial charge in [-0.3, -0.25) is 0 Å². The number of rotatable bonds is 3. The van der Waals surface area contributed by atoms with Gasteiger partial charge in [-0.05, 0) is 29.2 Å². The molecule has 2 aromatic rings. The molecule has 0 aliphatic heterocycles. The summed E-state index contributed by atoms with van der Waals surface area (Å²) in [4.78, 5) is 0. The molecule has 0 aliphatic rings. The van der Waals surface area contributed by atoms with Crippen molar-refractivity contribution in [2.75, 3.05) is 5.33 Å². The largest absolute Gasteiger partial charge is 0.241 e. The van der Waals surface area contributed by atoms with Crippen molar-refractivity contribution in [3.8, 4) is 5.69 Å². The quantitative estimate of drug-likeness (QED) is 0.786. The fourth-order valence-electron chi connectivity index (χ4n) is 1.56. The van der Waals surface area contributed by atoms with Crippen LogP contribution in [0, 0.1) is 0 Å². The minimum absolute atomic E-state index is 0.169. The Morgan fingerprint density at radius 2 is 1.94 bits per heavy atom. The minimum atomic E-state index is 0.169. The fourth-order valence-corrected chi connectivity index (χ4v) is 1.89. The first kappa shape index (κ1) is 11.4. The maximum Gasteiger partial charge on any atom is 0.0645 e. The van der Waals surface area contributed by atoms with Gasteiger partial charge >= 0.3 is 0 Å². The number of hydrogen-bond acceptors (Lipinski definition) is 1. The van der Waals surface area contributed by atoms with E-state index in [2.05, 4.69) is 59.1 Å². The van der Waals surface area contributed by atoms with Crippen LogP contribution < -0.4 is 0 Å². The van der Waals surface area contributed by atoms with Crippen LogP contribution in [0.2, 0.25) is 0 Å². The van der Waals surface area contributed by atoms with Crippen molar-refractivity contribution >= 4 is 15.9 Å². The summed E-state index contributed by atoms with van der Waals surface area (Å²) in [6.45, 7) is 4.45. The molecule has 3 heteroatoms. The highest BCUT2D eigenvalue weighted by molar-refractivity contribution is 9.09. The third-order valence-corrected chi connectivity index (χ3v) is 4.15. The van der Waals surface area contributed by atoms with Crippen LogP contribution in [-0.4, -0.2) is 15.1 Å². The van der Waals surface area contributed by atoms with Crippen molar-refractivity contribution in [3.05, 3.63) is 48.3 Å². The van der Waals surface area contributed by atoms with Gasteiger partial charge in [0, 0.05) is 17.7 Å². The van der Waals surface area contributed by atoms with Crippen LogP contribution in [0.15, 0.2) is 42.7 Å². The SMILES string of the molecule is CC(C)(CBr)c1ccc(-n2cccn2)cc1. The molecule has 1 aromatic carbocycles. The van der Waals surface area contributed by atoms with Gasteiger partial charge < -0.3 is 0 Å². The lowest BCUT2D eigenvalue weighted by molar-refractivity contribution is 0.606. The Balaban J connectivity index is 2.30. The first-order chi connectivity index (χ1) is 7.63. The Kier molecular flexibility index (Phi) is 3.15. The normalized spacial score (nSPS) is 11.7. The predicted octanol–water partition coefficient (Wildman–Crippen LogP) is 3.54. The summed E-state index contributed by atoms with van der Waals surface area (Å²) in [6.07, 6.45) is 3.74. The Morgan fingerprint density at radius 3 is 2.44 bits per heavy atom. The molecule has 0 unspecified atom stereocenters. The van der Waals surface area contributed by atoms with Gasteiger partial charge in [0.05, 0.1) is 5.69 Å². The lowest BCUT2D eigenvalue weighted by atomic mass is 9.87. The number of halogens is 1. The Labute approximate surface area is 104 Å². The second-order valence-electron chi connectivity index (χ2n) is 4.52. The highest BCUT2D eigenvalue weighted by atomic mass is 79.9. The van der Waals surface area contributed by atoms with Crippen LogP contribution in [0.3, 0.4) is 0 Å². The van der Waals surface area contributed by atoms with Crippen LogP contribution in [0.5, 0.6) is 0 Å². The van der Waals surface area contributed by atoms with E-state index >= 15 is 0 Å². The summed E-state index contributed by atoms with van der Waals surface area (Å²) in [5.41, 5.74) is 2.60. The van der Waals surface area contributed by atoms with Gasteiger partial charge in [0.15, 0.2) is 0 Å². The molecule has 84 valence electrons. The van der Waals surface area contributed by atoms with E-state index in [1.54, 1.807) is 6.20 Å². The second-order valence-corrected chi connectivity index (χ2v) is 5.08. The Hall–Kier alpha value is -1.09. The molecule has 2 nitrogen and oxygen atoms in total. The van der Waals surface area contributed by atoms with Gasteiger partial charge in [-0.2, -0.15) is 5.10 Å². The molecule has 0 bridgehead atoms. The first-order valence-electron chi connectivity index (χ1n) is 5.30. The highest BCUT2D eigenvalue weighted by Crippen LogP contribution is 2.25. The van der Waals surface area contributed by atoms with E-state index in [0.29, 0.717) is 0 Å². The van der Waals surface area contributed by atoms with E-state index in [9.17, 15) is 0 Å². The molecule has 1 heterocycles. The molecule has 1 aromatic heterocycles. The van der Waals surface area contributed by atoms with Gasteiger partial charge in [0.25, 0.3) is 0 Å². The molecule has 0 N–H and O–H groups in total.